The Kier molecular flexibility index (Phi) is 4.28. The molecule has 0 bridgehead atoms. The number of furan rings is 1. The van der Waals surface area contributed by atoms with E-state index in [1.165, 1.54) is 16.6 Å². The number of hydrogen-bond donors (Lipinski definition) is 0. The summed E-state index contributed by atoms with van der Waals surface area (Å²) in [6.07, 6.45) is 4.53. The number of hydrogen-bond acceptors (Lipinski definition) is 5. The van der Waals surface area contributed by atoms with E-state index in [9.17, 15) is 4.79 Å². The van der Waals surface area contributed by atoms with Gasteiger partial charge in [-0.1, -0.05) is 30.9 Å². The van der Waals surface area contributed by atoms with Gasteiger partial charge in [0.1, 0.15) is 10.1 Å². The topological polar surface area (TPSA) is 33.5 Å². The fourth-order valence-corrected chi connectivity index (χ4v) is 4.20. The molecule has 0 saturated carbocycles. The zero-order chi connectivity index (χ0) is 14.8. The maximum absolute atomic E-state index is 12.4. The van der Waals surface area contributed by atoms with E-state index in [1.807, 2.05) is 18.2 Å². The van der Waals surface area contributed by atoms with Gasteiger partial charge in [-0.15, -0.1) is 11.3 Å². The Bertz CT molecular complexity index is 700. The average Bonchev–Trinajstić information content (AvgIpc) is 3.18. The first kappa shape index (κ1) is 14.6. The number of thioether (sulfide) groups is 1. The number of rotatable bonds is 4. The summed E-state index contributed by atoms with van der Waals surface area (Å²) in [6.45, 7) is 2.51. The van der Waals surface area contributed by atoms with E-state index in [0.29, 0.717) is 15.8 Å². The molecule has 3 rings (SSSR count). The van der Waals surface area contributed by atoms with Crippen LogP contribution in [0.3, 0.4) is 0 Å². The van der Waals surface area contributed by atoms with Gasteiger partial charge in [0.05, 0.1) is 17.7 Å². The van der Waals surface area contributed by atoms with E-state index in [-0.39, 0.29) is 5.91 Å². The molecule has 0 aliphatic carbocycles. The first-order valence-corrected chi connectivity index (χ1v) is 8.58. The Morgan fingerprint density at radius 2 is 2.24 bits per heavy atom. The van der Waals surface area contributed by atoms with Crippen molar-refractivity contribution in [3.8, 4) is 0 Å². The second kappa shape index (κ2) is 6.17. The molecule has 1 saturated heterocycles. The van der Waals surface area contributed by atoms with Gasteiger partial charge < -0.3 is 4.42 Å². The molecule has 3 nitrogen and oxygen atoms in total. The van der Waals surface area contributed by atoms with Crippen LogP contribution in [0.15, 0.2) is 39.9 Å². The fourth-order valence-electron chi connectivity index (χ4n) is 1.99. The summed E-state index contributed by atoms with van der Waals surface area (Å²) in [4.78, 5) is 17.1. The van der Waals surface area contributed by atoms with E-state index in [1.54, 1.807) is 28.6 Å². The quantitative estimate of drug-likeness (QED) is 0.616. The average molecular weight is 335 g/mol. The number of thiophene rings is 1. The molecule has 3 heterocycles. The highest BCUT2D eigenvalue weighted by Crippen LogP contribution is 2.34. The number of aryl methyl sites for hydroxylation is 1. The summed E-state index contributed by atoms with van der Waals surface area (Å²) in [5.41, 5.74) is 0. The molecule has 2 aromatic heterocycles. The van der Waals surface area contributed by atoms with Crippen molar-refractivity contribution < 1.29 is 9.21 Å². The van der Waals surface area contributed by atoms with E-state index in [0.717, 1.165) is 17.1 Å². The van der Waals surface area contributed by atoms with Crippen LogP contribution in [0, 0.1) is 0 Å². The van der Waals surface area contributed by atoms with Crippen molar-refractivity contribution in [1.29, 1.82) is 0 Å². The van der Waals surface area contributed by atoms with Gasteiger partial charge in [-0.3, -0.25) is 9.69 Å². The van der Waals surface area contributed by atoms with Gasteiger partial charge in [0.2, 0.25) is 0 Å². The molecule has 108 valence electrons. The van der Waals surface area contributed by atoms with E-state index < -0.39 is 0 Å². The van der Waals surface area contributed by atoms with Crippen molar-refractivity contribution in [3.05, 3.63) is 50.9 Å². The summed E-state index contributed by atoms with van der Waals surface area (Å²) in [7, 11) is 0. The van der Waals surface area contributed by atoms with Crippen LogP contribution < -0.4 is 0 Å². The Balaban J connectivity index is 1.79. The molecule has 21 heavy (non-hydrogen) atoms. The number of nitrogens with zero attached hydrogens (tertiary/aromatic N) is 1. The van der Waals surface area contributed by atoms with Crippen LogP contribution in [-0.4, -0.2) is 15.1 Å². The highest BCUT2D eigenvalue weighted by Gasteiger charge is 2.32. The van der Waals surface area contributed by atoms with Crippen LogP contribution in [-0.2, 0) is 17.8 Å². The normalized spacial score (nSPS) is 17.2. The second-order valence-electron chi connectivity index (χ2n) is 4.50. The third kappa shape index (κ3) is 3.12. The molecule has 0 N–H and O–H groups in total. The Hall–Kier alpha value is -1.37. The van der Waals surface area contributed by atoms with Gasteiger partial charge in [0.15, 0.2) is 0 Å². The number of carbonyl (C=O) groups is 1. The molecule has 0 atom stereocenters. The van der Waals surface area contributed by atoms with Gasteiger partial charge in [0, 0.05) is 9.75 Å². The molecular weight excluding hydrogens is 322 g/mol. The van der Waals surface area contributed by atoms with Crippen molar-refractivity contribution in [1.82, 2.24) is 4.90 Å². The zero-order valence-corrected chi connectivity index (χ0v) is 13.8. The maximum Gasteiger partial charge on any atom is 0.266 e. The minimum absolute atomic E-state index is 0.0483. The van der Waals surface area contributed by atoms with Crippen molar-refractivity contribution in [2.75, 3.05) is 0 Å². The van der Waals surface area contributed by atoms with Gasteiger partial charge in [-0.2, -0.15) is 0 Å². The van der Waals surface area contributed by atoms with Crippen LogP contribution in [0.5, 0.6) is 0 Å². The van der Waals surface area contributed by atoms with E-state index in [4.69, 9.17) is 16.6 Å². The van der Waals surface area contributed by atoms with Gasteiger partial charge in [0.25, 0.3) is 5.91 Å². The molecule has 6 heteroatoms. The molecule has 1 aliphatic rings. The fraction of sp³-hybridized carbons (Fsp3) is 0.200. The van der Waals surface area contributed by atoms with Crippen LogP contribution >= 0.6 is 35.3 Å². The molecule has 2 aromatic rings. The lowest BCUT2D eigenvalue weighted by atomic mass is 10.3. The van der Waals surface area contributed by atoms with Crippen molar-refractivity contribution >= 4 is 51.6 Å². The molecule has 1 fully saturated rings. The minimum atomic E-state index is -0.0483. The summed E-state index contributed by atoms with van der Waals surface area (Å²) in [6, 6.07) is 7.79. The largest absolute Gasteiger partial charge is 0.467 e. The first-order chi connectivity index (χ1) is 10.2. The predicted octanol–water partition coefficient (Wildman–Crippen LogP) is 4.30. The summed E-state index contributed by atoms with van der Waals surface area (Å²) >= 11 is 8.36. The third-order valence-electron chi connectivity index (χ3n) is 3.07. The molecule has 0 radical (unpaired) electrons. The standard InChI is InChI=1S/C15H13NO2S3/c1-2-11-5-6-12(20-11)8-13-14(17)16(15(19)21-13)9-10-4-3-7-18-10/h3-8H,2,9H2,1H3. The number of carbonyl (C=O) groups excluding carboxylic acids is 1. The molecule has 0 aromatic carbocycles. The summed E-state index contributed by atoms with van der Waals surface area (Å²) in [5.74, 6) is 0.685. The van der Waals surface area contributed by atoms with Crippen LogP contribution in [0.4, 0.5) is 0 Å². The zero-order valence-electron chi connectivity index (χ0n) is 11.4. The molecule has 1 aliphatic heterocycles. The van der Waals surface area contributed by atoms with Crippen molar-refractivity contribution in [2.24, 2.45) is 0 Å². The number of amides is 1. The Labute approximate surface area is 136 Å². The second-order valence-corrected chi connectivity index (χ2v) is 7.38. The van der Waals surface area contributed by atoms with Crippen molar-refractivity contribution in [3.63, 3.8) is 0 Å². The van der Waals surface area contributed by atoms with E-state index in [2.05, 4.69) is 13.0 Å². The first-order valence-electron chi connectivity index (χ1n) is 6.54. The van der Waals surface area contributed by atoms with Crippen LogP contribution in [0.25, 0.3) is 6.08 Å². The molecular formula is C15H13NO2S3. The van der Waals surface area contributed by atoms with Crippen LogP contribution in [0.2, 0.25) is 0 Å². The Morgan fingerprint density at radius 3 is 2.90 bits per heavy atom. The van der Waals surface area contributed by atoms with Crippen molar-refractivity contribution in [2.45, 2.75) is 19.9 Å². The SMILES string of the molecule is CCc1ccc(C=C2SC(=S)N(Cc3ccco3)C2=O)s1. The highest BCUT2D eigenvalue weighted by atomic mass is 32.2. The third-order valence-corrected chi connectivity index (χ3v) is 5.63. The molecule has 0 unspecified atom stereocenters. The van der Waals surface area contributed by atoms with Gasteiger partial charge >= 0.3 is 0 Å². The highest BCUT2D eigenvalue weighted by molar-refractivity contribution is 8.26. The smallest absolute Gasteiger partial charge is 0.266 e. The van der Waals surface area contributed by atoms with Gasteiger partial charge in [-0.05, 0) is 36.8 Å². The van der Waals surface area contributed by atoms with Gasteiger partial charge in [-0.25, -0.2) is 0 Å². The molecule has 1 amide bonds. The summed E-state index contributed by atoms with van der Waals surface area (Å²) < 4.78 is 5.86. The predicted molar refractivity (Wildman–Crippen MR) is 91.1 cm³/mol. The lowest BCUT2D eigenvalue weighted by Crippen LogP contribution is -2.27. The maximum atomic E-state index is 12.4. The number of thiocarbonyl (C=S) groups is 1. The summed E-state index contributed by atoms with van der Waals surface area (Å²) in [5, 5.41) is 0. The monoisotopic (exact) mass is 335 g/mol. The Morgan fingerprint density at radius 1 is 1.38 bits per heavy atom. The molecule has 0 spiro atoms. The van der Waals surface area contributed by atoms with E-state index >= 15 is 0 Å². The lowest BCUT2D eigenvalue weighted by Gasteiger charge is -2.11. The van der Waals surface area contributed by atoms with Crippen LogP contribution in [0.1, 0.15) is 22.4 Å². The minimum Gasteiger partial charge on any atom is -0.467 e. The lowest BCUT2D eigenvalue weighted by molar-refractivity contribution is -0.122.